The van der Waals surface area contributed by atoms with Gasteiger partial charge in [-0.3, -0.25) is 4.79 Å². The number of carbonyl (C=O) groups is 1. The molecule has 1 saturated heterocycles. The van der Waals surface area contributed by atoms with Crippen LogP contribution in [0, 0.1) is 0 Å². The molecule has 0 saturated carbocycles. The number of hydrogen-bond donors (Lipinski definition) is 2. The number of hydrogen-bond acceptors (Lipinski definition) is 5. The first-order valence-electron chi connectivity index (χ1n) is 8.64. The largest absolute Gasteiger partial charge is 0.493 e. The van der Waals surface area contributed by atoms with Crippen molar-refractivity contribution in [2.75, 3.05) is 20.8 Å². The molecule has 138 valence electrons. The van der Waals surface area contributed by atoms with Crippen molar-refractivity contribution in [2.45, 2.75) is 25.6 Å². The molecule has 2 aromatic rings. The molecule has 6 nitrogen and oxygen atoms in total. The van der Waals surface area contributed by atoms with Crippen molar-refractivity contribution in [3.05, 3.63) is 53.6 Å². The lowest BCUT2D eigenvalue weighted by molar-refractivity contribution is -0.120. The second kappa shape index (κ2) is 8.58. The Hall–Kier alpha value is -2.73. The molecule has 1 aliphatic heterocycles. The molecule has 0 aliphatic carbocycles. The maximum atomic E-state index is 11.7. The summed E-state index contributed by atoms with van der Waals surface area (Å²) in [4.78, 5) is 11.7. The first-order valence-corrected chi connectivity index (χ1v) is 8.64. The minimum absolute atomic E-state index is 0.0479. The zero-order valence-electron chi connectivity index (χ0n) is 15.1. The fourth-order valence-electron chi connectivity index (χ4n) is 2.94. The average molecular weight is 356 g/mol. The molecule has 1 aliphatic rings. The van der Waals surface area contributed by atoms with E-state index in [9.17, 15) is 4.79 Å². The Kier molecular flexibility index (Phi) is 5.96. The van der Waals surface area contributed by atoms with Crippen molar-refractivity contribution in [3.63, 3.8) is 0 Å². The van der Waals surface area contributed by atoms with Gasteiger partial charge in [-0.25, -0.2) is 0 Å². The predicted octanol–water partition coefficient (Wildman–Crippen LogP) is 2.26. The topological polar surface area (TPSA) is 68.8 Å². The number of carbonyl (C=O) groups excluding carboxylic acids is 1. The Balaban J connectivity index is 1.73. The van der Waals surface area contributed by atoms with Gasteiger partial charge < -0.3 is 24.8 Å². The van der Waals surface area contributed by atoms with Gasteiger partial charge in [0.15, 0.2) is 11.5 Å². The van der Waals surface area contributed by atoms with Crippen molar-refractivity contribution in [1.82, 2.24) is 10.6 Å². The second-order valence-electron chi connectivity index (χ2n) is 6.12. The van der Waals surface area contributed by atoms with Gasteiger partial charge in [-0.1, -0.05) is 30.3 Å². The highest BCUT2D eigenvalue weighted by Crippen LogP contribution is 2.39. The van der Waals surface area contributed by atoms with E-state index in [1.165, 1.54) is 0 Å². The number of rotatable bonds is 8. The molecule has 0 aromatic heterocycles. The van der Waals surface area contributed by atoms with E-state index in [4.69, 9.17) is 14.2 Å². The molecule has 1 atom stereocenters. The van der Waals surface area contributed by atoms with Crippen LogP contribution < -0.4 is 24.8 Å². The molecule has 3 rings (SSSR count). The standard InChI is InChI=1S/C20H24N2O4/c1-24-17-10-15(12-22-16-8-9-21-20(16)23)11-18(25-2)19(17)26-13-14-6-4-3-5-7-14/h3-7,10-11,16,22H,8-9,12-13H2,1-2H3,(H,21,23). The van der Waals surface area contributed by atoms with Crippen LogP contribution in [0.25, 0.3) is 0 Å². The number of amides is 1. The molecular formula is C20H24N2O4. The molecule has 26 heavy (non-hydrogen) atoms. The summed E-state index contributed by atoms with van der Waals surface area (Å²) in [6.07, 6.45) is 0.797. The molecule has 6 heteroatoms. The summed E-state index contributed by atoms with van der Waals surface area (Å²) in [5.41, 5.74) is 2.03. The van der Waals surface area contributed by atoms with Gasteiger partial charge in [0.25, 0.3) is 0 Å². The smallest absolute Gasteiger partial charge is 0.237 e. The van der Waals surface area contributed by atoms with E-state index >= 15 is 0 Å². The van der Waals surface area contributed by atoms with E-state index in [1.54, 1.807) is 14.2 Å². The van der Waals surface area contributed by atoms with Gasteiger partial charge in [0.05, 0.1) is 20.3 Å². The minimum atomic E-state index is -0.152. The number of benzene rings is 2. The minimum Gasteiger partial charge on any atom is -0.493 e. The maximum Gasteiger partial charge on any atom is 0.237 e. The van der Waals surface area contributed by atoms with Crippen molar-refractivity contribution >= 4 is 5.91 Å². The van der Waals surface area contributed by atoms with Crippen LogP contribution in [-0.4, -0.2) is 32.7 Å². The highest BCUT2D eigenvalue weighted by Gasteiger charge is 2.23. The Morgan fingerprint density at radius 1 is 1.08 bits per heavy atom. The highest BCUT2D eigenvalue weighted by atomic mass is 16.5. The van der Waals surface area contributed by atoms with E-state index in [-0.39, 0.29) is 11.9 Å². The quantitative estimate of drug-likeness (QED) is 0.759. The fourth-order valence-corrected chi connectivity index (χ4v) is 2.94. The summed E-state index contributed by atoms with van der Waals surface area (Å²) in [5, 5.41) is 6.09. The maximum absolute atomic E-state index is 11.7. The lowest BCUT2D eigenvalue weighted by atomic mass is 10.1. The molecule has 1 unspecified atom stereocenters. The number of nitrogens with one attached hydrogen (secondary N) is 2. The Morgan fingerprint density at radius 2 is 1.77 bits per heavy atom. The van der Waals surface area contributed by atoms with Crippen molar-refractivity contribution in [2.24, 2.45) is 0 Å². The van der Waals surface area contributed by atoms with Crippen LogP contribution in [0.3, 0.4) is 0 Å². The third kappa shape index (κ3) is 4.26. The van der Waals surface area contributed by atoms with Crippen LogP contribution in [0.2, 0.25) is 0 Å². The molecule has 1 heterocycles. The summed E-state index contributed by atoms with van der Waals surface area (Å²) >= 11 is 0. The second-order valence-corrected chi connectivity index (χ2v) is 6.12. The van der Waals surface area contributed by atoms with E-state index in [2.05, 4.69) is 10.6 Å². The molecule has 0 bridgehead atoms. The molecule has 1 amide bonds. The SMILES string of the molecule is COc1cc(CNC2CCNC2=O)cc(OC)c1OCc1ccccc1. The van der Waals surface area contributed by atoms with Crippen LogP contribution in [0.1, 0.15) is 17.5 Å². The van der Waals surface area contributed by atoms with Gasteiger partial charge in [-0.05, 0) is 29.7 Å². The summed E-state index contributed by atoms with van der Waals surface area (Å²) in [5.74, 6) is 1.83. The normalized spacial score (nSPS) is 16.2. The van der Waals surface area contributed by atoms with Crippen LogP contribution >= 0.6 is 0 Å². The third-order valence-corrected chi connectivity index (χ3v) is 4.35. The van der Waals surface area contributed by atoms with Crippen molar-refractivity contribution in [1.29, 1.82) is 0 Å². The highest BCUT2D eigenvalue weighted by molar-refractivity contribution is 5.83. The number of methoxy groups -OCH3 is 2. The lowest BCUT2D eigenvalue weighted by Crippen LogP contribution is -2.35. The van der Waals surface area contributed by atoms with E-state index in [1.807, 2.05) is 42.5 Å². The van der Waals surface area contributed by atoms with E-state index < -0.39 is 0 Å². The zero-order chi connectivity index (χ0) is 18.4. The molecule has 1 fully saturated rings. The van der Waals surface area contributed by atoms with Crippen molar-refractivity contribution in [3.8, 4) is 17.2 Å². The Morgan fingerprint density at radius 3 is 2.35 bits per heavy atom. The van der Waals surface area contributed by atoms with Gasteiger partial charge >= 0.3 is 0 Å². The first kappa shape index (κ1) is 18.1. The molecule has 2 N–H and O–H groups in total. The first-order chi connectivity index (χ1) is 12.7. The van der Waals surface area contributed by atoms with E-state index in [0.29, 0.717) is 30.4 Å². The average Bonchev–Trinajstić information content (AvgIpc) is 3.10. The van der Waals surface area contributed by atoms with Crippen LogP contribution in [-0.2, 0) is 17.9 Å². The van der Waals surface area contributed by atoms with Gasteiger partial charge in [0.1, 0.15) is 6.61 Å². The Bertz CT molecular complexity index is 724. The monoisotopic (exact) mass is 356 g/mol. The summed E-state index contributed by atoms with van der Waals surface area (Å²) < 4.78 is 16.9. The van der Waals surface area contributed by atoms with Gasteiger partial charge in [0.2, 0.25) is 11.7 Å². The lowest BCUT2D eigenvalue weighted by Gasteiger charge is -2.17. The summed E-state index contributed by atoms with van der Waals surface area (Å²) in [7, 11) is 3.21. The van der Waals surface area contributed by atoms with Gasteiger partial charge in [-0.15, -0.1) is 0 Å². The number of ether oxygens (including phenoxy) is 3. The third-order valence-electron chi connectivity index (χ3n) is 4.35. The van der Waals surface area contributed by atoms with Crippen molar-refractivity contribution < 1.29 is 19.0 Å². The molecule has 0 radical (unpaired) electrons. The molecular weight excluding hydrogens is 332 g/mol. The van der Waals surface area contributed by atoms with Crippen LogP contribution in [0.5, 0.6) is 17.2 Å². The Labute approximate surface area is 153 Å². The summed E-state index contributed by atoms with van der Waals surface area (Å²) in [6.45, 7) is 1.69. The predicted molar refractivity (Wildman–Crippen MR) is 98.6 cm³/mol. The zero-order valence-corrected chi connectivity index (χ0v) is 15.1. The summed E-state index contributed by atoms with van der Waals surface area (Å²) in [6, 6.07) is 13.6. The van der Waals surface area contributed by atoms with Crippen LogP contribution in [0.4, 0.5) is 0 Å². The van der Waals surface area contributed by atoms with E-state index in [0.717, 1.165) is 24.1 Å². The molecule has 2 aromatic carbocycles. The fraction of sp³-hybridized carbons (Fsp3) is 0.350. The van der Waals surface area contributed by atoms with Crippen LogP contribution in [0.15, 0.2) is 42.5 Å². The molecule has 0 spiro atoms. The van der Waals surface area contributed by atoms with Gasteiger partial charge in [0, 0.05) is 13.1 Å². The van der Waals surface area contributed by atoms with Gasteiger partial charge in [-0.2, -0.15) is 0 Å².